The topological polar surface area (TPSA) is 72.9 Å². The highest BCUT2D eigenvalue weighted by Gasteiger charge is 2.22. The molecule has 1 fully saturated rings. The fraction of sp³-hybridized carbons (Fsp3) is 0.375. The van der Waals surface area contributed by atoms with Crippen LogP contribution in [0.15, 0.2) is 54.6 Å². The molecule has 1 aliphatic rings. The van der Waals surface area contributed by atoms with Gasteiger partial charge in [-0.25, -0.2) is 14.2 Å². The first-order chi connectivity index (χ1) is 20.0. The van der Waals surface area contributed by atoms with E-state index in [2.05, 4.69) is 22.3 Å². The van der Waals surface area contributed by atoms with Gasteiger partial charge in [-0.05, 0) is 87.2 Å². The normalized spacial score (nSPS) is 14.2. The molecule has 0 aliphatic carbocycles. The lowest BCUT2D eigenvalue weighted by atomic mass is 9.99. The van der Waals surface area contributed by atoms with E-state index in [1.807, 2.05) is 19.9 Å². The number of esters is 1. The first kappa shape index (κ1) is 28.8. The van der Waals surface area contributed by atoms with Crippen molar-refractivity contribution in [3.8, 4) is 22.6 Å². The number of aromatic nitrogens is 1. The predicted molar refractivity (Wildman–Crippen MR) is 162 cm³/mol. The van der Waals surface area contributed by atoms with Crippen LogP contribution in [0.2, 0.25) is 0 Å². The number of anilines is 1. The summed E-state index contributed by atoms with van der Waals surface area (Å²) in [6, 6.07) is 16.5. The second-order valence-corrected chi connectivity index (χ2v) is 11.0. The maximum absolute atomic E-state index is 13.6. The molecular weight excluding hydrogens is 541 g/mol. The largest absolute Gasteiger partial charge is 0.493 e. The predicted octanol–water partition coefficient (Wildman–Crippen LogP) is 7.15. The van der Waals surface area contributed by atoms with Crippen molar-refractivity contribution in [2.24, 2.45) is 0 Å². The van der Waals surface area contributed by atoms with Crippen molar-refractivity contribution >= 4 is 32.7 Å². The summed E-state index contributed by atoms with van der Waals surface area (Å²) in [6.45, 7) is 9.80. The van der Waals surface area contributed by atoms with E-state index in [0.717, 1.165) is 76.0 Å². The van der Waals surface area contributed by atoms with Gasteiger partial charge in [-0.3, -0.25) is 4.90 Å². The number of nitrogens with zero attached hydrogens (tertiary/aromatic N) is 2. The zero-order valence-electron chi connectivity index (χ0n) is 23.7. The molecule has 4 aromatic rings. The first-order valence-corrected chi connectivity index (χ1v) is 15.0. The number of piperidine rings is 1. The number of hydrogen-bond donors (Lipinski definition) is 1. The molecule has 5 rings (SSSR count). The molecule has 41 heavy (non-hydrogen) atoms. The van der Waals surface area contributed by atoms with Crippen molar-refractivity contribution in [1.29, 1.82) is 0 Å². The Balaban J connectivity index is 1.24. The molecule has 9 heteroatoms. The number of rotatable bonds is 11. The van der Waals surface area contributed by atoms with E-state index in [-0.39, 0.29) is 11.8 Å². The Morgan fingerprint density at radius 2 is 1.66 bits per heavy atom. The van der Waals surface area contributed by atoms with Gasteiger partial charge in [0, 0.05) is 25.7 Å². The van der Waals surface area contributed by atoms with E-state index < -0.39 is 0 Å². The molecule has 1 saturated heterocycles. The number of nitrogens with one attached hydrogen (secondary N) is 1. The first-order valence-electron chi connectivity index (χ1n) is 14.2. The molecule has 0 bridgehead atoms. The highest BCUT2D eigenvalue weighted by Crippen LogP contribution is 2.40. The Hall–Kier alpha value is -3.69. The molecule has 0 unspecified atom stereocenters. The van der Waals surface area contributed by atoms with Crippen LogP contribution in [0.4, 0.5) is 9.52 Å². The summed E-state index contributed by atoms with van der Waals surface area (Å²) in [5, 5.41) is 4.48. The summed E-state index contributed by atoms with van der Waals surface area (Å²) >= 11 is 1.60. The lowest BCUT2D eigenvalue weighted by Crippen LogP contribution is -2.38. The minimum Gasteiger partial charge on any atom is -0.493 e. The van der Waals surface area contributed by atoms with Crippen molar-refractivity contribution in [2.75, 3.05) is 38.2 Å². The Morgan fingerprint density at radius 1 is 0.976 bits per heavy atom. The molecule has 2 heterocycles. The summed E-state index contributed by atoms with van der Waals surface area (Å²) in [5.41, 5.74) is 4.17. The number of thiazole rings is 1. The van der Waals surface area contributed by atoms with Gasteiger partial charge in [-0.2, -0.15) is 0 Å². The minimum atomic E-state index is -0.323. The average molecular weight is 578 g/mol. The summed E-state index contributed by atoms with van der Waals surface area (Å²) in [7, 11) is 0. The van der Waals surface area contributed by atoms with E-state index in [9.17, 15) is 9.18 Å². The fourth-order valence-electron chi connectivity index (χ4n) is 5.17. The molecule has 1 N–H and O–H groups in total. The summed E-state index contributed by atoms with van der Waals surface area (Å²) < 4.78 is 31.8. The SMILES string of the molecule is CCOC(=O)c1ccc2sc(NC3CCN(Cc4cc(OCC)c(-c5ccc(F)cc5)c(OCC)c4)CC3)nc2c1. The van der Waals surface area contributed by atoms with Crippen LogP contribution >= 0.6 is 11.3 Å². The van der Waals surface area contributed by atoms with E-state index in [0.29, 0.717) is 31.4 Å². The lowest BCUT2D eigenvalue weighted by Gasteiger charge is -2.32. The van der Waals surface area contributed by atoms with Gasteiger partial charge in [0.25, 0.3) is 0 Å². The molecule has 0 spiro atoms. The molecular formula is C32H36FN3O4S. The van der Waals surface area contributed by atoms with Gasteiger partial charge in [0.2, 0.25) is 0 Å². The standard InChI is InChI=1S/C32H36FN3O4S/c1-4-38-27-17-21(18-28(39-5-2)30(27)22-7-10-24(33)11-8-22)20-36-15-13-25(14-16-36)34-32-35-26-19-23(31(37)40-6-3)9-12-29(26)41-32/h7-12,17-19,25H,4-6,13-16,20H2,1-3H3,(H,34,35). The number of benzene rings is 3. The molecule has 216 valence electrons. The molecule has 0 radical (unpaired) electrons. The maximum Gasteiger partial charge on any atom is 0.338 e. The molecule has 3 aromatic carbocycles. The van der Waals surface area contributed by atoms with Crippen molar-refractivity contribution < 1.29 is 23.4 Å². The van der Waals surface area contributed by atoms with Crippen molar-refractivity contribution in [2.45, 2.75) is 46.2 Å². The zero-order chi connectivity index (χ0) is 28.8. The minimum absolute atomic E-state index is 0.273. The third-order valence-electron chi connectivity index (χ3n) is 7.08. The highest BCUT2D eigenvalue weighted by atomic mass is 32.1. The van der Waals surface area contributed by atoms with E-state index >= 15 is 0 Å². The van der Waals surface area contributed by atoms with Gasteiger partial charge < -0.3 is 19.5 Å². The Kier molecular flexibility index (Phi) is 9.36. The van der Waals surface area contributed by atoms with Crippen LogP contribution in [-0.4, -0.2) is 54.8 Å². The zero-order valence-corrected chi connectivity index (χ0v) is 24.6. The Morgan fingerprint density at radius 3 is 2.29 bits per heavy atom. The Bertz CT molecular complexity index is 1460. The number of hydrogen-bond acceptors (Lipinski definition) is 8. The van der Waals surface area contributed by atoms with E-state index in [1.54, 1.807) is 42.5 Å². The third-order valence-corrected chi connectivity index (χ3v) is 8.05. The van der Waals surface area contributed by atoms with Crippen molar-refractivity contribution in [1.82, 2.24) is 9.88 Å². The van der Waals surface area contributed by atoms with Crippen molar-refractivity contribution in [3.63, 3.8) is 0 Å². The summed E-state index contributed by atoms with van der Waals surface area (Å²) in [4.78, 5) is 19.2. The second kappa shape index (κ2) is 13.3. The highest BCUT2D eigenvalue weighted by molar-refractivity contribution is 7.22. The van der Waals surface area contributed by atoms with Crippen molar-refractivity contribution in [3.05, 3.63) is 71.5 Å². The molecule has 0 saturated carbocycles. The Labute approximate surface area is 244 Å². The van der Waals surface area contributed by atoms with Gasteiger partial charge in [-0.1, -0.05) is 23.5 Å². The molecule has 7 nitrogen and oxygen atoms in total. The molecule has 0 amide bonds. The number of likely N-dealkylation sites (tertiary alicyclic amines) is 1. The van der Waals surface area contributed by atoms with E-state index in [4.69, 9.17) is 19.2 Å². The third kappa shape index (κ3) is 6.97. The number of halogens is 1. The molecule has 1 aromatic heterocycles. The molecule has 1 aliphatic heterocycles. The van der Waals surface area contributed by atoms with Crippen LogP contribution < -0.4 is 14.8 Å². The maximum atomic E-state index is 13.6. The van der Waals surface area contributed by atoms with Crippen LogP contribution in [0.25, 0.3) is 21.3 Å². The average Bonchev–Trinajstić information content (AvgIpc) is 3.37. The van der Waals surface area contributed by atoms with Gasteiger partial charge in [0.15, 0.2) is 5.13 Å². The van der Waals surface area contributed by atoms with Gasteiger partial charge in [0.1, 0.15) is 17.3 Å². The fourth-order valence-corrected chi connectivity index (χ4v) is 6.10. The molecule has 0 atom stereocenters. The summed E-state index contributed by atoms with van der Waals surface area (Å²) in [6.07, 6.45) is 1.99. The lowest BCUT2D eigenvalue weighted by molar-refractivity contribution is 0.0526. The second-order valence-electron chi connectivity index (χ2n) is 9.96. The number of carbonyl (C=O) groups excluding carboxylic acids is 1. The van der Waals surface area contributed by atoms with E-state index in [1.165, 1.54) is 12.1 Å². The van der Waals surface area contributed by atoms with Crippen LogP contribution in [0.5, 0.6) is 11.5 Å². The number of fused-ring (bicyclic) bond motifs is 1. The van der Waals surface area contributed by atoms with Crippen LogP contribution in [0.3, 0.4) is 0 Å². The summed E-state index contributed by atoms with van der Waals surface area (Å²) in [5.74, 6) is 0.902. The number of carbonyl (C=O) groups is 1. The monoisotopic (exact) mass is 577 g/mol. The van der Waals surface area contributed by atoms with Crippen LogP contribution in [-0.2, 0) is 11.3 Å². The van der Waals surface area contributed by atoms with Gasteiger partial charge in [0.05, 0.1) is 41.2 Å². The van der Waals surface area contributed by atoms with Crippen LogP contribution in [0, 0.1) is 5.82 Å². The van der Waals surface area contributed by atoms with Gasteiger partial charge in [-0.15, -0.1) is 0 Å². The smallest absolute Gasteiger partial charge is 0.338 e. The quantitative estimate of drug-likeness (QED) is 0.190. The van der Waals surface area contributed by atoms with Crippen LogP contribution in [0.1, 0.15) is 49.5 Å². The van der Waals surface area contributed by atoms with Gasteiger partial charge >= 0.3 is 5.97 Å². The number of ether oxygens (including phenoxy) is 3.